The van der Waals surface area contributed by atoms with E-state index in [1.807, 2.05) is 0 Å². The molecule has 3 N–H and O–H groups in total. The van der Waals surface area contributed by atoms with Gasteiger partial charge < -0.3 is 15.8 Å². The highest BCUT2D eigenvalue weighted by atomic mass is 32.2. The number of carbonyl (C=O) groups is 1. The van der Waals surface area contributed by atoms with Crippen molar-refractivity contribution >= 4 is 33.2 Å². The number of methoxy groups -OCH3 is 1. The van der Waals surface area contributed by atoms with Crippen LogP contribution in [0.2, 0.25) is 0 Å². The van der Waals surface area contributed by atoms with Crippen molar-refractivity contribution in [2.24, 2.45) is 0 Å². The minimum Gasteiger partial charge on any atom is -0.497 e. The van der Waals surface area contributed by atoms with Gasteiger partial charge in [0, 0.05) is 16.6 Å². The van der Waals surface area contributed by atoms with E-state index >= 15 is 0 Å². The summed E-state index contributed by atoms with van der Waals surface area (Å²) in [6.45, 7) is 0. The molecular formula is C13H18N2O4S2. The zero-order chi connectivity index (χ0) is 15.5. The fourth-order valence-electron chi connectivity index (χ4n) is 2.09. The number of nitrogens with one attached hydrogen (secondary N) is 1. The number of thioether (sulfide) groups is 1. The van der Waals surface area contributed by atoms with E-state index in [9.17, 15) is 13.2 Å². The predicted molar refractivity (Wildman–Crippen MR) is 83.3 cm³/mol. The number of hydrogen-bond acceptors (Lipinski definition) is 6. The number of carbonyl (C=O) groups excluding carboxylic acids is 1. The number of nitrogen functional groups attached to an aromatic ring is 1. The first kappa shape index (κ1) is 16.0. The van der Waals surface area contributed by atoms with Crippen molar-refractivity contribution in [1.29, 1.82) is 0 Å². The van der Waals surface area contributed by atoms with Gasteiger partial charge in [-0.15, -0.1) is 11.8 Å². The Bertz CT molecular complexity index is 631. The number of benzene rings is 1. The van der Waals surface area contributed by atoms with Crippen LogP contribution in [0.4, 0.5) is 5.69 Å². The summed E-state index contributed by atoms with van der Waals surface area (Å²) in [5.74, 6) is 0.852. The van der Waals surface area contributed by atoms with Crippen LogP contribution in [0.25, 0.3) is 0 Å². The van der Waals surface area contributed by atoms with Crippen LogP contribution in [0.1, 0.15) is 6.42 Å². The Morgan fingerprint density at radius 1 is 1.52 bits per heavy atom. The Balaban J connectivity index is 1.87. The SMILES string of the molecule is COc1ccc(N)c(SCC(=O)NC2CCS(=O)(=O)C2)c1. The molecule has 1 aliphatic rings. The highest BCUT2D eigenvalue weighted by Crippen LogP contribution is 2.29. The van der Waals surface area contributed by atoms with E-state index in [4.69, 9.17) is 10.5 Å². The van der Waals surface area contributed by atoms with Gasteiger partial charge in [0.25, 0.3) is 0 Å². The zero-order valence-electron chi connectivity index (χ0n) is 11.7. The standard InChI is InChI=1S/C13H18N2O4S2/c1-19-10-2-3-11(14)12(6-10)20-7-13(16)15-9-4-5-21(17,18)8-9/h2-3,6,9H,4-5,7-8,14H2,1H3,(H,15,16). The van der Waals surface area contributed by atoms with Crippen LogP contribution < -0.4 is 15.8 Å². The summed E-state index contributed by atoms with van der Waals surface area (Å²) in [7, 11) is -1.42. The molecule has 1 aliphatic heterocycles. The van der Waals surface area contributed by atoms with Gasteiger partial charge >= 0.3 is 0 Å². The Morgan fingerprint density at radius 2 is 2.29 bits per heavy atom. The highest BCUT2D eigenvalue weighted by Gasteiger charge is 2.28. The second-order valence-corrected chi connectivity index (χ2v) is 8.11. The van der Waals surface area contributed by atoms with Crippen LogP contribution in [-0.4, -0.2) is 44.7 Å². The molecule has 1 unspecified atom stereocenters. The summed E-state index contributed by atoms with van der Waals surface area (Å²) in [6.07, 6.45) is 0.486. The molecule has 6 nitrogen and oxygen atoms in total. The van der Waals surface area contributed by atoms with Crippen molar-refractivity contribution in [1.82, 2.24) is 5.32 Å². The third-order valence-electron chi connectivity index (χ3n) is 3.18. The number of sulfone groups is 1. The number of ether oxygens (including phenoxy) is 1. The van der Waals surface area contributed by atoms with Crippen molar-refractivity contribution < 1.29 is 17.9 Å². The Morgan fingerprint density at radius 3 is 2.90 bits per heavy atom. The minimum atomic E-state index is -2.98. The molecule has 21 heavy (non-hydrogen) atoms. The first-order chi connectivity index (χ1) is 9.89. The van der Waals surface area contributed by atoms with Crippen molar-refractivity contribution in [3.63, 3.8) is 0 Å². The van der Waals surface area contributed by atoms with Gasteiger partial charge in [-0.05, 0) is 24.6 Å². The number of anilines is 1. The highest BCUT2D eigenvalue weighted by molar-refractivity contribution is 8.00. The lowest BCUT2D eigenvalue weighted by molar-refractivity contribution is -0.119. The maximum absolute atomic E-state index is 11.9. The molecule has 0 aliphatic carbocycles. The van der Waals surface area contributed by atoms with Gasteiger partial charge in [0.15, 0.2) is 9.84 Å². The number of hydrogen-bond donors (Lipinski definition) is 2. The smallest absolute Gasteiger partial charge is 0.230 e. The van der Waals surface area contributed by atoms with Gasteiger partial charge in [-0.3, -0.25) is 4.79 Å². The van der Waals surface area contributed by atoms with Crippen LogP contribution in [0.5, 0.6) is 5.75 Å². The molecule has 1 fully saturated rings. The first-order valence-electron chi connectivity index (χ1n) is 6.46. The summed E-state index contributed by atoms with van der Waals surface area (Å²) in [6, 6.07) is 4.98. The van der Waals surface area contributed by atoms with Gasteiger partial charge in [0.05, 0.1) is 24.4 Å². The molecule has 0 saturated carbocycles. The fraction of sp³-hybridized carbons (Fsp3) is 0.462. The van der Waals surface area contributed by atoms with Crippen molar-refractivity contribution in [2.75, 3.05) is 30.1 Å². The second kappa shape index (κ2) is 6.57. The molecule has 1 saturated heterocycles. The van der Waals surface area contributed by atoms with Gasteiger partial charge in [-0.1, -0.05) is 0 Å². The molecule has 116 valence electrons. The van der Waals surface area contributed by atoms with E-state index in [2.05, 4.69) is 5.32 Å². The van der Waals surface area contributed by atoms with Crippen molar-refractivity contribution in [3.8, 4) is 5.75 Å². The maximum Gasteiger partial charge on any atom is 0.230 e. The lowest BCUT2D eigenvalue weighted by Crippen LogP contribution is -2.36. The largest absolute Gasteiger partial charge is 0.497 e. The number of nitrogens with two attached hydrogens (primary N) is 1. The fourth-order valence-corrected chi connectivity index (χ4v) is 4.57. The quantitative estimate of drug-likeness (QED) is 0.608. The molecule has 8 heteroatoms. The van der Waals surface area contributed by atoms with Crippen LogP contribution in [0.15, 0.2) is 23.1 Å². The molecule has 1 amide bonds. The first-order valence-corrected chi connectivity index (χ1v) is 9.26. The van der Waals surface area contributed by atoms with E-state index in [1.165, 1.54) is 11.8 Å². The monoisotopic (exact) mass is 330 g/mol. The number of rotatable bonds is 5. The summed E-state index contributed by atoms with van der Waals surface area (Å²) in [5, 5.41) is 2.74. The zero-order valence-corrected chi connectivity index (χ0v) is 13.3. The molecule has 1 aromatic carbocycles. The van der Waals surface area contributed by atoms with Crippen LogP contribution >= 0.6 is 11.8 Å². The van der Waals surface area contributed by atoms with E-state index in [-0.39, 0.29) is 29.2 Å². The molecule has 0 spiro atoms. The molecule has 1 atom stereocenters. The van der Waals surface area contributed by atoms with Gasteiger partial charge in [-0.25, -0.2) is 8.42 Å². The average Bonchev–Trinajstić information content (AvgIpc) is 2.77. The summed E-state index contributed by atoms with van der Waals surface area (Å²) >= 11 is 1.30. The van der Waals surface area contributed by atoms with E-state index in [0.29, 0.717) is 17.9 Å². The normalized spacial score (nSPS) is 20.1. The third-order valence-corrected chi connectivity index (χ3v) is 6.02. The summed E-state index contributed by atoms with van der Waals surface area (Å²) < 4.78 is 27.8. The molecular weight excluding hydrogens is 312 g/mol. The van der Waals surface area contributed by atoms with E-state index in [0.717, 1.165) is 4.90 Å². The van der Waals surface area contributed by atoms with Crippen LogP contribution in [0, 0.1) is 0 Å². The van der Waals surface area contributed by atoms with Gasteiger partial charge in [0.1, 0.15) is 5.75 Å². The maximum atomic E-state index is 11.9. The second-order valence-electron chi connectivity index (χ2n) is 4.86. The van der Waals surface area contributed by atoms with Crippen molar-refractivity contribution in [3.05, 3.63) is 18.2 Å². The molecule has 1 heterocycles. The summed E-state index contributed by atoms with van der Waals surface area (Å²) in [4.78, 5) is 12.6. The minimum absolute atomic E-state index is 0.0324. The Kier molecular flexibility index (Phi) is 5.00. The van der Waals surface area contributed by atoms with Gasteiger partial charge in [-0.2, -0.15) is 0 Å². The van der Waals surface area contributed by atoms with Crippen LogP contribution in [0.3, 0.4) is 0 Å². The van der Waals surface area contributed by atoms with E-state index < -0.39 is 9.84 Å². The molecule has 0 bridgehead atoms. The molecule has 0 radical (unpaired) electrons. The lowest BCUT2D eigenvalue weighted by Gasteiger charge is -2.11. The number of amides is 1. The van der Waals surface area contributed by atoms with Gasteiger partial charge in [0.2, 0.25) is 5.91 Å². The topological polar surface area (TPSA) is 98.5 Å². The molecule has 1 aromatic rings. The van der Waals surface area contributed by atoms with Crippen LogP contribution in [-0.2, 0) is 14.6 Å². The average molecular weight is 330 g/mol. The summed E-state index contributed by atoms with van der Waals surface area (Å²) in [5.41, 5.74) is 6.42. The lowest BCUT2D eigenvalue weighted by atomic mass is 10.3. The molecule has 2 rings (SSSR count). The predicted octanol–water partition coefficient (Wildman–Crippen LogP) is 0.673. The Labute approximate surface area is 128 Å². The van der Waals surface area contributed by atoms with Crippen molar-refractivity contribution in [2.45, 2.75) is 17.4 Å². The van der Waals surface area contributed by atoms with E-state index in [1.54, 1.807) is 25.3 Å². The third kappa shape index (κ3) is 4.53. The molecule has 0 aromatic heterocycles. The Hall–Kier alpha value is -1.41.